The number of hydrogen-bond acceptors (Lipinski definition) is 2. The summed E-state index contributed by atoms with van der Waals surface area (Å²) in [7, 11) is 0. The molecule has 1 nitrogen and oxygen atoms in total. The summed E-state index contributed by atoms with van der Waals surface area (Å²) in [5.41, 5.74) is 7.22. The van der Waals surface area contributed by atoms with Crippen molar-refractivity contribution in [2.75, 3.05) is 0 Å². The zero-order chi connectivity index (χ0) is 6.27. The van der Waals surface area contributed by atoms with Gasteiger partial charge in [0.1, 0.15) is 0 Å². The summed E-state index contributed by atoms with van der Waals surface area (Å²) in [5.74, 6) is 0. The molecule has 0 unspecified atom stereocenters. The highest BCUT2D eigenvalue weighted by molar-refractivity contribution is 7.10. The third-order valence-corrected chi connectivity index (χ3v) is 2.75. The molecule has 1 aliphatic rings. The molecule has 0 aliphatic heterocycles. The predicted octanol–water partition coefficient (Wildman–Crippen LogP) is 1.17. The smallest absolute Gasteiger partial charge is 0.0128 e. The van der Waals surface area contributed by atoms with Crippen molar-refractivity contribution in [3.05, 3.63) is 21.9 Å². The van der Waals surface area contributed by atoms with Crippen LogP contribution in [0.15, 0.2) is 11.4 Å². The average Bonchev–Trinajstić information content (AvgIpc) is 2.22. The van der Waals surface area contributed by atoms with Crippen LogP contribution in [0.25, 0.3) is 0 Å². The lowest BCUT2D eigenvalue weighted by Gasteiger charge is -1.95. The van der Waals surface area contributed by atoms with E-state index in [0.29, 0.717) is 6.04 Å². The molecule has 0 spiro atoms. The van der Waals surface area contributed by atoms with Crippen LogP contribution < -0.4 is 5.73 Å². The Bertz CT molecular complexity index is 196. The fourth-order valence-electron chi connectivity index (χ4n) is 1.32. The fourth-order valence-corrected chi connectivity index (χ4v) is 2.33. The standard InChI is InChI=1S/C7H9NS/c8-6-3-5-1-2-9-7(5)4-6/h1-2,6H,3-4,8H2/t6-/m0/s1. The lowest BCUT2D eigenvalue weighted by molar-refractivity contribution is 0.723. The first-order valence-corrected chi connectivity index (χ1v) is 4.05. The second-order valence-electron chi connectivity index (χ2n) is 2.54. The average molecular weight is 139 g/mol. The van der Waals surface area contributed by atoms with Crippen LogP contribution in [0, 0.1) is 0 Å². The minimum atomic E-state index is 0.410. The first-order valence-electron chi connectivity index (χ1n) is 3.17. The van der Waals surface area contributed by atoms with Crippen molar-refractivity contribution < 1.29 is 0 Å². The van der Waals surface area contributed by atoms with Gasteiger partial charge >= 0.3 is 0 Å². The van der Waals surface area contributed by atoms with E-state index in [9.17, 15) is 0 Å². The van der Waals surface area contributed by atoms with Gasteiger partial charge in [-0.1, -0.05) is 0 Å². The Labute approximate surface area is 58.5 Å². The van der Waals surface area contributed by atoms with Crippen molar-refractivity contribution in [2.24, 2.45) is 5.73 Å². The monoisotopic (exact) mass is 139 g/mol. The van der Waals surface area contributed by atoms with E-state index in [1.54, 1.807) is 0 Å². The summed E-state index contributed by atoms with van der Waals surface area (Å²) in [4.78, 5) is 1.50. The lowest BCUT2D eigenvalue weighted by atomic mass is 10.2. The summed E-state index contributed by atoms with van der Waals surface area (Å²) < 4.78 is 0. The van der Waals surface area contributed by atoms with Crippen LogP contribution in [-0.2, 0) is 12.8 Å². The molecule has 0 aromatic carbocycles. The minimum absolute atomic E-state index is 0.410. The molecule has 9 heavy (non-hydrogen) atoms. The van der Waals surface area contributed by atoms with Crippen LogP contribution in [0.2, 0.25) is 0 Å². The Morgan fingerprint density at radius 2 is 2.44 bits per heavy atom. The molecule has 1 heterocycles. The van der Waals surface area contributed by atoms with Gasteiger partial charge in [-0.15, -0.1) is 11.3 Å². The zero-order valence-corrected chi connectivity index (χ0v) is 5.95. The second-order valence-corrected chi connectivity index (χ2v) is 3.54. The van der Waals surface area contributed by atoms with Gasteiger partial charge in [-0.2, -0.15) is 0 Å². The number of rotatable bonds is 0. The number of nitrogens with two attached hydrogens (primary N) is 1. The third kappa shape index (κ3) is 0.787. The summed E-state index contributed by atoms with van der Waals surface area (Å²) in [6.45, 7) is 0. The first kappa shape index (κ1) is 5.45. The maximum atomic E-state index is 5.74. The molecule has 0 saturated carbocycles. The Morgan fingerprint density at radius 1 is 1.56 bits per heavy atom. The molecule has 0 radical (unpaired) electrons. The van der Waals surface area contributed by atoms with Crippen LogP contribution in [-0.4, -0.2) is 6.04 Å². The molecule has 0 bridgehead atoms. The summed E-state index contributed by atoms with van der Waals surface area (Å²) >= 11 is 1.84. The lowest BCUT2D eigenvalue weighted by Crippen LogP contribution is -2.19. The van der Waals surface area contributed by atoms with E-state index in [4.69, 9.17) is 5.73 Å². The molecule has 0 amide bonds. The van der Waals surface area contributed by atoms with Crippen LogP contribution in [0.5, 0.6) is 0 Å². The molecule has 1 aromatic rings. The molecule has 2 rings (SSSR count). The van der Waals surface area contributed by atoms with Gasteiger partial charge < -0.3 is 5.73 Å². The molecule has 1 atom stereocenters. The molecular formula is C7H9NS. The van der Waals surface area contributed by atoms with Gasteiger partial charge in [-0.25, -0.2) is 0 Å². The Morgan fingerprint density at radius 3 is 3.22 bits per heavy atom. The van der Waals surface area contributed by atoms with E-state index < -0.39 is 0 Å². The van der Waals surface area contributed by atoms with Gasteiger partial charge in [0.15, 0.2) is 0 Å². The third-order valence-electron chi connectivity index (χ3n) is 1.77. The van der Waals surface area contributed by atoms with Crippen molar-refractivity contribution in [1.82, 2.24) is 0 Å². The molecule has 2 N–H and O–H groups in total. The number of fused-ring (bicyclic) bond motifs is 1. The summed E-state index contributed by atoms with van der Waals surface area (Å²) in [5, 5.41) is 2.15. The molecule has 2 heteroatoms. The van der Waals surface area contributed by atoms with Crippen molar-refractivity contribution in [2.45, 2.75) is 18.9 Å². The van der Waals surface area contributed by atoms with E-state index in [2.05, 4.69) is 11.4 Å². The van der Waals surface area contributed by atoms with Crippen LogP contribution in [0.4, 0.5) is 0 Å². The Balaban J connectivity index is 2.39. The van der Waals surface area contributed by atoms with E-state index in [1.807, 2.05) is 11.3 Å². The van der Waals surface area contributed by atoms with E-state index >= 15 is 0 Å². The quantitative estimate of drug-likeness (QED) is 0.573. The topological polar surface area (TPSA) is 26.0 Å². The Hall–Kier alpha value is -0.340. The number of hydrogen-bond donors (Lipinski definition) is 1. The van der Waals surface area contributed by atoms with Gasteiger partial charge in [-0.3, -0.25) is 0 Å². The highest BCUT2D eigenvalue weighted by Crippen LogP contribution is 2.25. The molecule has 48 valence electrons. The summed E-state index contributed by atoms with van der Waals surface area (Å²) in [6, 6.07) is 2.60. The largest absolute Gasteiger partial charge is 0.327 e. The Kier molecular flexibility index (Phi) is 1.10. The van der Waals surface area contributed by atoms with E-state index in [1.165, 1.54) is 10.4 Å². The predicted molar refractivity (Wildman–Crippen MR) is 39.7 cm³/mol. The van der Waals surface area contributed by atoms with Crippen molar-refractivity contribution >= 4 is 11.3 Å². The SMILES string of the molecule is N[C@H]1Cc2ccsc2C1. The van der Waals surface area contributed by atoms with Crippen LogP contribution in [0.3, 0.4) is 0 Å². The van der Waals surface area contributed by atoms with Crippen LogP contribution >= 0.6 is 11.3 Å². The van der Waals surface area contributed by atoms with Gasteiger partial charge in [-0.05, 0) is 29.9 Å². The highest BCUT2D eigenvalue weighted by Gasteiger charge is 2.17. The maximum absolute atomic E-state index is 5.74. The second kappa shape index (κ2) is 1.82. The highest BCUT2D eigenvalue weighted by atomic mass is 32.1. The minimum Gasteiger partial charge on any atom is -0.327 e. The van der Waals surface area contributed by atoms with Gasteiger partial charge in [0.2, 0.25) is 0 Å². The van der Waals surface area contributed by atoms with E-state index in [0.717, 1.165) is 12.8 Å². The van der Waals surface area contributed by atoms with Gasteiger partial charge in [0, 0.05) is 10.9 Å². The maximum Gasteiger partial charge on any atom is 0.0128 e. The molecule has 0 fully saturated rings. The molecule has 0 saturated heterocycles. The van der Waals surface area contributed by atoms with Crippen LogP contribution in [0.1, 0.15) is 10.4 Å². The van der Waals surface area contributed by atoms with E-state index in [-0.39, 0.29) is 0 Å². The van der Waals surface area contributed by atoms with Crippen molar-refractivity contribution in [1.29, 1.82) is 0 Å². The van der Waals surface area contributed by atoms with Crippen molar-refractivity contribution in [3.63, 3.8) is 0 Å². The normalized spacial score (nSPS) is 24.3. The number of thiophene rings is 1. The van der Waals surface area contributed by atoms with Crippen molar-refractivity contribution in [3.8, 4) is 0 Å². The molecule has 1 aromatic heterocycles. The van der Waals surface area contributed by atoms with Gasteiger partial charge in [0.05, 0.1) is 0 Å². The zero-order valence-electron chi connectivity index (χ0n) is 5.13. The first-order chi connectivity index (χ1) is 4.36. The van der Waals surface area contributed by atoms with Gasteiger partial charge in [0.25, 0.3) is 0 Å². The fraction of sp³-hybridized carbons (Fsp3) is 0.429. The molecular weight excluding hydrogens is 130 g/mol. The summed E-state index contributed by atoms with van der Waals surface area (Å²) in [6.07, 6.45) is 2.20. The molecule has 1 aliphatic carbocycles.